The minimum atomic E-state index is 0.281. The van der Waals surface area contributed by atoms with Gasteiger partial charge in [0.05, 0.1) is 11.4 Å². The van der Waals surface area contributed by atoms with Crippen LogP contribution in [0.25, 0.3) is 0 Å². The molecule has 0 atom stereocenters. The van der Waals surface area contributed by atoms with Gasteiger partial charge in [0.15, 0.2) is 0 Å². The van der Waals surface area contributed by atoms with Crippen LogP contribution in [-0.2, 0) is 0 Å². The Morgan fingerprint density at radius 1 is 1.29 bits per heavy atom. The van der Waals surface area contributed by atoms with Crippen LogP contribution in [0.5, 0.6) is 5.75 Å². The molecular formula is C13H21N3O. The van der Waals surface area contributed by atoms with Crippen LogP contribution in [0.2, 0.25) is 0 Å². The topological polar surface area (TPSA) is 52.7 Å². The fourth-order valence-electron chi connectivity index (χ4n) is 2.43. The summed E-state index contributed by atoms with van der Waals surface area (Å²) >= 11 is 0. The van der Waals surface area contributed by atoms with Crippen LogP contribution in [0.1, 0.15) is 12.8 Å². The van der Waals surface area contributed by atoms with Crippen LogP contribution in [0.15, 0.2) is 18.2 Å². The third-order valence-electron chi connectivity index (χ3n) is 3.55. The van der Waals surface area contributed by atoms with Crippen LogP contribution in [0.4, 0.5) is 11.4 Å². The van der Waals surface area contributed by atoms with Gasteiger partial charge in [0, 0.05) is 25.2 Å². The average Bonchev–Trinajstić information content (AvgIpc) is 2.32. The van der Waals surface area contributed by atoms with Gasteiger partial charge >= 0.3 is 0 Å². The van der Waals surface area contributed by atoms with E-state index in [4.69, 9.17) is 5.73 Å². The van der Waals surface area contributed by atoms with Crippen molar-refractivity contribution in [2.45, 2.75) is 18.9 Å². The predicted molar refractivity (Wildman–Crippen MR) is 71.4 cm³/mol. The van der Waals surface area contributed by atoms with E-state index >= 15 is 0 Å². The molecule has 17 heavy (non-hydrogen) atoms. The third-order valence-corrected chi connectivity index (χ3v) is 3.55. The first kappa shape index (κ1) is 12.0. The number of nitrogens with zero attached hydrogens (tertiary/aromatic N) is 2. The van der Waals surface area contributed by atoms with Gasteiger partial charge in [-0.2, -0.15) is 0 Å². The molecule has 1 aromatic carbocycles. The molecule has 1 aliphatic heterocycles. The van der Waals surface area contributed by atoms with Gasteiger partial charge in [-0.1, -0.05) is 0 Å². The second-order valence-electron chi connectivity index (χ2n) is 4.92. The molecule has 94 valence electrons. The SMILES string of the molecule is CN(C)C1CCN(c2cc(O)ccc2N)CC1. The monoisotopic (exact) mass is 235 g/mol. The molecule has 0 aromatic heterocycles. The molecule has 4 heteroatoms. The molecule has 1 aliphatic rings. The average molecular weight is 235 g/mol. The van der Waals surface area contributed by atoms with Gasteiger partial charge in [-0.25, -0.2) is 0 Å². The lowest BCUT2D eigenvalue weighted by molar-refractivity contribution is 0.249. The Hall–Kier alpha value is -1.42. The van der Waals surface area contributed by atoms with Gasteiger partial charge in [-0.15, -0.1) is 0 Å². The number of hydrogen-bond acceptors (Lipinski definition) is 4. The van der Waals surface area contributed by atoms with Gasteiger partial charge in [-0.3, -0.25) is 0 Å². The molecule has 1 aromatic rings. The summed E-state index contributed by atoms with van der Waals surface area (Å²) in [6, 6.07) is 5.81. The Balaban J connectivity index is 2.07. The highest BCUT2D eigenvalue weighted by Crippen LogP contribution is 2.30. The van der Waals surface area contributed by atoms with Crippen molar-refractivity contribution in [2.24, 2.45) is 0 Å². The molecule has 0 aliphatic carbocycles. The van der Waals surface area contributed by atoms with E-state index < -0.39 is 0 Å². The molecule has 3 N–H and O–H groups in total. The summed E-state index contributed by atoms with van der Waals surface area (Å²) < 4.78 is 0. The van der Waals surface area contributed by atoms with E-state index in [0.29, 0.717) is 6.04 Å². The number of aromatic hydroxyl groups is 1. The molecule has 4 nitrogen and oxygen atoms in total. The van der Waals surface area contributed by atoms with E-state index in [-0.39, 0.29) is 5.75 Å². The number of benzene rings is 1. The Bertz CT molecular complexity index is 384. The Labute approximate surface area is 103 Å². The first-order valence-corrected chi connectivity index (χ1v) is 6.08. The van der Waals surface area contributed by atoms with Crippen LogP contribution in [-0.4, -0.2) is 43.2 Å². The quantitative estimate of drug-likeness (QED) is 0.602. The number of nitrogens with two attached hydrogens (primary N) is 1. The van der Waals surface area contributed by atoms with Gasteiger partial charge in [-0.05, 0) is 39.1 Å². The number of rotatable bonds is 2. The summed E-state index contributed by atoms with van der Waals surface area (Å²) in [7, 11) is 4.26. The number of hydrogen-bond donors (Lipinski definition) is 2. The minimum Gasteiger partial charge on any atom is -0.508 e. The number of piperidine rings is 1. The molecule has 0 radical (unpaired) electrons. The summed E-state index contributed by atoms with van der Waals surface area (Å²) in [4.78, 5) is 4.54. The molecule has 1 heterocycles. The predicted octanol–water partition coefficient (Wildman–Crippen LogP) is 1.50. The molecule has 1 saturated heterocycles. The van der Waals surface area contributed by atoms with Crippen molar-refractivity contribution in [3.8, 4) is 5.75 Å². The van der Waals surface area contributed by atoms with Crippen LogP contribution < -0.4 is 10.6 Å². The van der Waals surface area contributed by atoms with E-state index in [1.54, 1.807) is 18.2 Å². The van der Waals surface area contributed by atoms with E-state index in [2.05, 4.69) is 23.9 Å². The third kappa shape index (κ3) is 2.64. The zero-order valence-corrected chi connectivity index (χ0v) is 10.6. The molecule has 0 unspecified atom stereocenters. The summed E-state index contributed by atoms with van der Waals surface area (Å²) in [5.41, 5.74) is 7.65. The van der Waals surface area contributed by atoms with Crippen molar-refractivity contribution in [3.05, 3.63) is 18.2 Å². The normalized spacial score (nSPS) is 17.7. The lowest BCUT2D eigenvalue weighted by atomic mass is 10.0. The fraction of sp³-hybridized carbons (Fsp3) is 0.538. The summed E-state index contributed by atoms with van der Waals surface area (Å²) in [6.45, 7) is 1.99. The van der Waals surface area contributed by atoms with E-state index in [1.807, 2.05) is 0 Å². The summed E-state index contributed by atoms with van der Waals surface area (Å²) in [5.74, 6) is 0.281. The number of anilines is 2. The molecule has 2 rings (SSSR count). The fourth-order valence-corrected chi connectivity index (χ4v) is 2.43. The van der Waals surface area contributed by atoms with Gasteiger partial charge in [0.2, 0.25) is 0 Å². The van der Waals surface area contributed by atoms with Crippen molar-refractivity contribution in [1.29, 1.82) is 0 Å². The molecular weight excluding hydrogens is 214 g/mol. The molecule has 0 amide bonds. The van der Waals surface area contributed by atoms with E-state index in [9.17, 15) is 5.11 Å². The highest BCUT2D eigenvalue weighted by molar-refractivity contribution is 5.69. The molecule has 1 fully saturated rings. The van der Waals surface area contributed by atoms with Crippen LogP contribution in [0, 0.1) is 0 Å². The largest absolute Gasteiger partial charge is 0.508 e. The maximum absolute atomic E-state index is 9.52. The van der Waals surface area contributed by atoms with Crippen molar-refractivity contribution < 1.29 is 5.11 Å². The smallest absolute Gasteiger partial charge is 0.117 e. The zero-order chi connectivity index (χ0) is 12.4. The van der Waals surface area contributed by atoms with Crippen LogP contribution >= 0.6 is 0 Å². The second kappa shape index (κ2) is 4.84. The Morgan fingerprint density at radius 3 is 2.53 bits per heavy atom. The van der Waals surface area contributed by atoms with Crippen molar-refractivity contribution in [1.82, 2.24) is 4.90 Å². The lowest BCUT2D eigenvalue weighted by Gasteiger charge is -2.37. The number of nitrogen functional groups attached to an aromatic ring is 1. The van der Waals surface area contributed by atoms with Gasteiger partial charge in [0.25, 0.3) is 0 Å². The molecule has 0 spiro atoms. The molecule has 0 bridgehead atoms. The van der Waals surface area contributed by atoms with Gasteiger partial charge < -0.3 is 20.6 Å². The summed E-state index contributed by atoms with van der Waals surface area (Å²) in [6.07, 6.45) is 2.28. The summed E-state index contributed by atoms with van der Waals surface area (Å²) in [5, 5.41) is 9.52. The van der Waals surface area contributed by atoms with Crippen molar-refractivity contribution in [3.63, 3.8) is 0 Å². The maximum Gasteiger partial charge on any atom is 0.117 e. The first-order chi connectivity index (χ1) is 8.08. The zero-order valence-electron chi connectivity index (χ0n) is 10.6. The maximum atomic E-state index is 9.52. The van der Waals surface area contributed by atoms with Crippen molar-refractivity contribution in [2.75, 3.05) is 37.8 Å². The Kier molecular flexibility index (Phi) is 3.43. The standard InChI is InChI=1S/C13H21N3O/c1-15(2)10-5-7-16(8-6-10)13-9-11(17)3-4-12(13)14/h3-4,9-10,17H,5-8,14H2,1-2H3. The first-order valence-electron chi connectivity index (χ1n) is 6.08. The number of phenolic OH excluding ortho intramolecular Hbond substituents is 1. The minimum absolute atomic E-state index is 0.281. The second-order valence-corrected chi connectivity index (χ2v) is 4.92. The highest BCUT2D eigenvalue weighted by atomic mass is 16.3. The Morgan fingerprint density at radius 2 is 1.94 bits per heavy atom. The molecule has 0 saturated carbocycles. The lowest BCUT2D eigenvalue weighted by Crippen LogP contribution is -2.42. The van der Waals surface area contributed by atoms with Crippen LogP contribution in [0.3, 0.4) is 0 Å². The van der Waals surface area contributed by atoms with E-state index in [0.717, 1.165) is 37.3 Å². The highest BCUT2D eigenvalue weighted by Gasteiger charge is 2.21. The number of phenols is 1. The van der Waals surface area contributed by atoms with Gasteiger partial charge in [0.1, 0.15) is 5.75 Å². The van der Waals surface area contributed by atoms with Crippen molar-refractivity contribution >= 4 is 11.4 Å². The van der Waals surface area contributed by atoms with E-state index in [1.165, 1.54) is 0 Å².